The molecule has 0 spiro atoms. The minimum absolute atomic E-state index is 0.0662. The van der Waals surface area contributed by atoms with E-state index in [1.165, 1.54) is 5.39 Å². The van der Waals surface area contributed by atoms with E-state index in [0.717, 1.165) is 39.5 Å². The van der Waals surface area contributed by atoms with Gasteiger partial charge in [0.1, 0.15) is 11.6 Å². The number of hydrogen-bond donors (Lipinski definition) is 1. The van der Waals surface area contributed by atoms with E-state index in [1.807, 2.05) is 37.5 Å². The number of nitrogens with one attached hydrogen (secondary N) is 1. The summed E-state index contributed by atoms with van der Waals surface area (Å²) in [5, 5.41) is 2.33. The number of H-pyrrole nitrogens is 1. The fourth-order valence-electron chi connectivity index (χ4n) is 3.29. The summed E-state index contributed by atoms with van der Waals surface area (Å²) in [5.74, 6) is 1.87. The van der Waals surface area contributed by atoms with E-state index < -0.39 is 0 Å². The van der Waals surface area contributed by atoms with E-state index in [4.69, 9.17) is 9.72 Å². The van der Waals surface area contributed by atoms with Gasteiger partial charge in [-0.2, -0.15) is 0 Å². The number of pyridine rings is 1. The Morgan fingerprint density at radius 2 is 1.61 bits per heavy atom. The Bertz CT molecular complexity index is 1110. The molecule has 2 heterocycles. The molecular formula is C24H25N3O. The van der Waals surface area contributed by atoms with Gasteiger partial charge >= 0.3 is 0 Å². The molecule has 0 radical (unpaired) electrons. The van der Waals surface area contributed by atoms with Crippen LogP contribution in [0.15, 0.2) is 60.9 Å². The van der Waals surface area contributed by atoms with Gasteiger partial charge in [0, 0.05) is 28.9 Å². The second-order valence-corrected chi connectivity index (χ2v) is 7.95. The summed E-state index contributed by atoms with van der Waals surface area (Å²) in [6.07, 6.45) is 3.62. The number of hydrogen-bond acceptors (Lipinski definition) is 3. The SMILES string of the molecule is CCOc1ccc2cc(-c3nc(C(C)(C)C)[nH]c3-c3ccncc3)ccc2c1. The van der Waals surface area contributed by atoms with Crippen LogP contribution in [0.25, 0.3) is 33.3 Å². The van der Waals surface area contributed by atoms with Crippen LogP contribution in [0, 0.1) is 0 Å². The quantitative estimate of drug-likeness (QED) is 0.479. The van der Waals surface area contributed by atoms with Crippen LogP contribution >= 0.6 is 0 Å². The maximum absolute atomic E-state index is 5.62. The number of rotatable bonds is 4. The minimum Gasteiger partial charge on any atom is -0.494 e. The lowest BCUT2D eigenvalue weighted by atomic mass is 9.96. The number of ether oxygens (including phenoxy) is 1. The maximum Gasteiger partial charge on any atom is 0.119 e. The second-order valence-electron chi connectivity index (χ2n) is 7.95. The van der Waals surface area contributed by atoms with E-state index in [0.29, 0.717) is 6.61 Å². The molecule has 28 heavy (non-hydrogen) atoms. The average Bonchev–Trinajstić information content (AvgIpc) is 3.14. The first kappa shape index (κ1) is 18.2. The molecule has 0 saturated heterocycles. The van der Waals surface area contributed by atoms with E-state index >= 15 is 0 Å². The highest BCUT2D eigenvalue weighted by Crippen LogP contribution is 2.35. The van der Waals surface area contributed by atoms with Crippen molar-refractivity contribution in [2.75, 3.05) is 6.61 Å². The van der Waals surface area contributed by atoms with Gasteiger partial charge in [-0.05, 0) is 48.0 Å². The Kier molecular flexibility index (Phi) is 4.63. The van der Waals surface area contributed by atoms with E-state index in [9.17, 15) is 0 Å². The van der Waals surface area contributed by atoms with Crippen molar-refractivity contribution in [1.29, 1.82) is 0 Å². The monoisotopic (exact) mass is 371 g/mol. The van der Waals surface area contributed by atoms with Gasteiger partial charge < -0.3 is 9.72 Å². The van der Waals surface area contributed by atoms with E-state index in [-0.39, 0.29) is 5.41 Å². The lowest BCUT2D eigenvalue weighted by Crippen LogP contribution is -2.13. The fourth-order valence-corrected chi connectivity index (χ4v) is 3.29. The molecular weight excluding hydrogens is 346 g/mol. The van der Waals surface area contributed by atoms with Crippen molar-refractivity contribution in [3.63, 3.8) is 0 Å². The first-order chi connectivity index (χ1) is 13.5. The third-order valence-electron chi connectivity index (χ3n) is 4.78. The molecule has 1 N–H and O–H groups in total. The third-order valence-corrected chi connectivity index (χ3v) is 4.78. The van der Waals surface area contributed by atoms with Gasteiger partial charge in [0.15, 0.2) is 0 Å². The molecule has 0 aliphatic heterocycles. The van der Waals surface area contributed by atoms with Crippen LogP contribution in [0.1, 0.15) is 33.5 Å². The van der Waals surface area contributed by atoms with Crippen molar-refractivity contribution < 1.29 is 4.74 Å². The molecule has 0 bridgehead atoms. The van der Waals surface area contributed by atoms with E-state index in [2.05, 4.69) is 61.1 Å². The number of nitrogens with zero attached hydrogens (tertiary/aromatic N) is 2. The zero-order valence-corrected chi connectivity index (χ0v) is 16.8. The summed E-state index contributed by atoms with van der Waals surface area (Å²) >= 11 is 0. The zero-order valence-electron chi connectivity index (χ0n) is 16.8. The highest BCUT2D eigenvalue weighted by atomic mass is 16.5. The van der Waals surface area contributed by atoms with Crippen LogP contribution < -0.4 is 4.74 Å². The highest BCUT2D eigenvalue weighted by Gasteiger charge is 2.22. The lowest BCUT2D eigenvalue weighted by Gasteiger charge is -2.14. The van der Waals surface area contributed by atoms with Crippen LogP contribution in [0.4, 0.5) is 0 Å². The van der Waals surface area contributed by atoms with Crippen molar-refractivity contribution >= 4 is 10.8 Å². The van der Waals surface area contributed by atoms with Crippen LogP contribution in [0.3, 0.4) is 0 Å². The molecule has 4 rings (SSSR count). The summed E-state index contributed by atoms with van der Waals surface area (Å²) in [6, 6.07) is 16.7. The third kappa shape index (κ3) is 3.50. The molecule has 142 valence electrons. The van der Waals surface area contributed by atoms with Gasteiger partial charge in [0.2, 0.25) is 0 Å². The first-order valence-corrected chi connectivity index (χ1v) is 9.63. The first-order valence-electron chi connectivity index (χ1n) is 9.63. The molecule has 4 nitrogen and oxygen atoms in total. The number of imidazole rings is 1. The maximum atomic E-state index is 5.62. The Balaban J connectivity index is 1.85. The van der Waals surface area contributed by atoms with Crippen LogP contribution in [-0.4, -0.2) is 21.6 Å². The predicted molar refractivity (Wildman–Crippen MR) is 115 cm³/mol. The van der Waals surface area contributed by atoms with Gasteiger partial charge in [0.05, 0.1) is 18.0 Å². The summed E-state index contributed by atoms with van der Waals surface area (Å²) in [4.78, 5) is 12.7. The summed E-state index contributed by atoms with van der Waals surface area (Å²) in [5.41, 5.74) is 4.10. The van der Waals surface area contributed by atoms with Crippen molar-refractivity contribution in [1.82, 2.24) is 15.0 Å². The Morgan fingerprint density at radius 1 is 0.893 bits per heavy atom. The predicted octanol–water partition coefficient (Wildman–Crippen LogP) is 5.99. The van der Waals surface area contributed by atoms with Crippen molar-refractivity contribution in [3.8, 4) is 28.3 Å². The molecule has 0 saturated carbocycles. The van der Waals surface area contributed by atoms with Gasteiger partial charge in [-0.25, -0.2) is 4.98 Å². The fraction of sp³-hybridized carbons (Fsp3) is 0.250. The Morgan fingerprint density at radius 3 is 2.32 bits per heavy atom. The van der Waals surface area contributed by atoms with Crippen LogP contribution in [-0.2, 0) is 5.41 Å². The molecule has 0 fully saturated rings. The standard InChI is InChI=1S/C24H25N3O/c1-5-28-20-9-8-17-14-19(7-6-18(17)15-20)22-21(16-10-12-25-13-11-16)26-23(27-22)24(2,3)4/h6-15H,5H2,1-4H3,(H,26,27). The van der Waals surface area contributed by atoms with Gasteiger partial charge in [-0.15, -0.1) is 0 Å². The van der Waals surface area contributed by atoms with Crippen molar-refractivity contribution in [2.45, 2.75) is 33.1 Å². The molecule has 0 aliphatic carbocycles. The molecule has 0 aliphatic rings. The van der Waals surface area contributed by atoms with Crippen LogP contribution in [0.5, 0.6) is 5.75 Å². The van der Waals surface area contributed by atoms with Crippen molar-refractivity contribution in [2.24, 2.45) is 0 Å². The van der Waals surface area contributed by atoms with E-state index in [1.54, 1.807) is 0 Å². The van der Waals surface area contributed by atoms with Gasteiger partial charge in [-0.3, -0.25) is 4.98 Å². The molecule has 2 aromatic heterocycles. The number of aromatic amines is 1. The number of benzene rings is 2. The molecule has 0 amide bonds. The molecule has 4 aromatic rings. The molecule has 0 unspecified atom stereocenters. The average molecular weight is 371 g/mol. The topological polar surface area (TPSA) is 50.8 Å². The van der Waals surface area contributed by atoms with Crippen molar-refractivity contribution in [3.05, 3.63) is 66.7 Å². The molecule has 2 aromatic carbocycles. The summed E-state index contributed by atoms with van der Waals surface area (Å²) in [7, 11) is 0. The smallest absolute Gasteiger partial charge is 0.119 e. The zero-order chi connectivity index (χ0) is 19.7. The lowest BCUT2D eigenvalue weighted by molar-refractivity contribution is 0.341. The number of aromatic nitrogens is 3. The largest absolute Gasteiger partial charge is 0.494 e. The molecule has 0 atom stereocenters. The van der Waals surface area contributed by atoms with Gasteiger partial charge in [0.25, 0.3) is 0 Å². The number of fused-ring (bicyclic) bond motifs is 1. The minimum atomic E-state index is -0.0662. The van der Waals surface area contributed by atoms with Crippen LogP contribution in [0.2, 0.25) is 0 Å². The summed E-state index contributed by atoms with van der Waals surface area (Å²) in [6.45, 7) is 9.17. The Hall–Kier alpha value is -3.14. The summed E-state index contributed by atoms with van der Waals surface area (Å²) < 4.78 is 5.62. The normalized spacial score (nSPS) is 11.7. The Labute approximate surface area is 165 Å². The highest BCUT2D eigenvalue weighted by molar-refractivity contribution is 5.90. The van der Waals surface area contributed by atoms with Gasteiger partial charge in [-0.1, -0.05) is 39.0 Å². The molecule has 4 heteroatoms. The second kappa shape index (κ2) is 7.12.